The molecule has 1 aliphatic rings. The first-order valence-corrected chi connectivity index (χ1v) is 11.6. The van der Waals surface area contributed by atoms with Crippen molar-refractivity contribution in [1.82, 2.24) is 9.80 Å². The molecule has 2 aromatic carbocycles. The van der Waals surface area contributed by atoms with Crippen molar-refractivity contribution >= 4 is 43.6 Å². The van der Waals surface area contributed by atoms with Gasteiger partial charge in [-0.3, -0.25) is 14.5 Å². The summed E-state index contributed by atoms with van der Waals surface area (Å²) >= 11 is 6.78. The van der Waals surface area contributed by atoms with Crippen LogP contribution in [0.15, 0.2) is 45.3 Å². The van der Waals surface area contributed by atoms with Gasteiger partial charge < -0.3 is 9.64 Å². The highest BCUT2D eigenvalue weighted by atomic mass is 79.9. The van der Waals surface area contributed by atoms with Gasteiger partial charge in [-0.15, -0.1) is 0 Å². The molecule has 0 saturated carbocycles. The number of nitrogens with zero attached hydrogens (tertiary/aromatic N) is 2. The zero-order valence-electron chi connectivity index (χ0n) is 17.7. The molecule has 1 heterocycles. The van der Waals surface area contributed by atoms with Crippen LogP contribution in [0, 0.1) is 5.82 Å². The Labute approximate surface area is 198 Å². The van der Waals surface area contributed by atoms with Crippen LogP contribution in [0.2, 0.25) is 0 Å². The molecule has 0 spiro atoms. The number of piperazine rings is 1. The van der Waals surface area contributed by atoms with Crippen molar-refractivity contribution in [2.75, 3.05) is 19.7 Å². The molecule has 0 aliphatic carbocycles. The van der Waals surface area contributed by atoms with Crippen LogP contribution in [0.25, 0.3) is 0 Å². The van der Waals surface area contributed by atoms with Crippen molar-refractivity contribution in [2.24, 2.45) is 0 Å². The van der Waals surface area contributed by atoms with Gasteiger partial charge in [-0.1, -0.05) is 28.1 Å². The topological polar surface area (TPSA) is 49.9 Å². The van der Waals surface area contributed by atoms with Crippen LogP contribution in [0.4, 0.5) is 4.39 Å². The van der Waals surface area contributed by atoms with Crippen molar-refractivity contribution in [3.63, 3.8) is 0 Å². The molecule has 0 radical (unpaired) electrons. The molecule has 5 nitrogen and oxygen atoms in total. The Morgan fingerprint density at radius 1 is 1.10 bits per heavy atom. The first-order chi connectivity index (χ1) is 14.7. The van der Waals surface area contributed by atoms with E-state index in [0.29, 0.717) is 35.4 Å². The molecule has 2 atom stereocenters. The number of carbonyl (C=O) groups excluding carboxylic acids is 2. The van der Waals surface area contributed by atoms with Gasteiger partial charge in [0.15, 0.2) is 12.4 Å². The minimum absolute atomic E-state index is 0.00776. The monoisotopic (exact) mass is 554 g/mol. The third-order valence-electron chi connectivity index (χ3n) is 5.46. The standard InChI is InChI=1S/C23H25Br2FN2O3/c1-14-11-28(15(2)10-27(14)12-17-4-6-19(26)7-5-17)22(30)13-31-23-20(16(3)29)8-18(24)9-21(23)25/h4-9,14-15H,10-13H2,1-3H3/t14-,15+/m0/s1. The van der Waals surface area contributed by atoms with E-state index in [-0.39, 0.29) is 36.2 Å². The van der Waals surface area contributed by atoms with Crippen molar-refractivity contribution in [2.45, 2.75) is 39.4 Å². The number of rotatable bonds is 6. The number of ketones is 1. The second kappa shape index (κ2) is 10.2. The first-order valence-electron chi connectivity index (χ1n) is 10.1. The lowest BCUT2D eigenvalue weighted by Crippen LogP contribution is -2.58. The molecule has 1 fully saturated rings. The summed E-state index contributed by atoms with van der Waals surface area (Å²) in [6.45, 7) is 7.41. The number of halogens is 3. The van der Waals surface area contributed by atoms with E-state index in [4.69, 9.17) is 4.74 Å². The Morgan fingerprint density at radius 3 is 2.42 bits per heavy atom. The Morgan fingerprint density at radius 2 is 1.77 bits per heavy atom. The predicted octanol–water partition coefficient (Wildman–Crippen LogP) is 5.05. The van der Waals surface area contributed by atoms with E-state index in [1.165, 1.54) is 19.1 Å². The van der Waals surface area contributed by atoms with Crippen LogP contribution in [0.5, 0.6) is 5.75 Å². The van der Waals surface area contributed by atoms with E-state index in [2.05, 4.69) is 43.7 Å². The summed E-state index contributed by atoms with van der Waals surface area (Å²) in [5, 5.41) is 0. The summed E-state index contributed by atoms with van der Waals surface area (Å²) in [7, 11) is 0. The molecule has 8 heteroatoms. The lowest BCUT2D eigenvalue weighted by Gasteiger charge is -2.44. The van der Waals surface area contributed by atoms with Gasteiger partial charge in [0, 0.05) is 36.2 Å². The van der Waals surface area contributed by atoms with Gasteiger partial charge in [0.05, 0.1) is 10.0 Å². The molecule has 166 valence electrons. The molecular formula is C23H25Br2FN2O3. The lowest BCUT2D eigenvalue weighted by molar-refractivity contribution is -0.139. The number of ether oxygens (including phenoxy) is 1. The van der Waals surface area contributed by atoms with Gasteiger partial charge in [-0.2, -0.15) is 0 Å². The molecular weight excluding hydrogens is 531 g/mol. The van der Waals surface area contributed by atoms with Crippen molar-refractivity contribution in [3.05, 3.63) is 62.3 Å². The summed E-state index contributed by atoms with van der Waals surface area (Å²) in [6, 6.07) is 10.1. The third kappa shape index (κ3) is 5.93. The second-order valence-corrected chi connectivity index (χ2v) is 9.68. The van der Waals surface area contributed by atoms with E-state index in [1.807, 2.05) is 11.8 Å². The van der Waals surface area contributed by atoms with E-state index in [0.717, 1.165) is 10.0 Å². The SMILES string of the molecule is CC(=O)c1cc(Br)cc(Br)c1OCC(=O)N1C[C@H](C)N(Cc2ccc(F)cc2)C[C@H]1C. The number of hydrogen-bond acceptors (Lipinski definition) is 4. The molecule has 3 rings (SSSR count). The Balaban J connectivity index is 1.63. The molecule has 31 heavy (non-hydrogen) atoms. The minimum Gasteiger partial charge on any atom is -0.482 e. The van der Waals surface area contributed by atoms with Crippen LogP contribution in [-0.4, -0.2) is 53.3 Å². The van der Waals surface area contributed by atoms with Crippen molar-refractivity contribution in [1.29, 1.82) is 0 Å². The van der Waals surface area contributed by atoms with E-state index < -0.39 is 0 Å². The fourth-order valence-corrected chi connectivity index (χ4v) is 5.12. The summed E-state index contributed by atoms with van der Waals surface area (Å²) in [5.74, 6) is -0.128. The number of Topliss-reactive ketones (excluding diaryl/α,β-unsaturated/α-hetero) is 1. The molecule has 1 aliphatic heterocycles. The smallest absolute Gasteiger partial charge is 0.260 e. The molecule has 0 unspecified atom stereocenters. The van der Waals surface area contributed by atoms with E-state index >= 15 is 0 Å². The minimum atomic E-state index is -0.245. The summed E-state index contributed by atoms with van der Waals surface area (Å²) < 4.78 is 20.3. The quantitative estimate of drug-likeness (QED) is 0.468. The Hall–Kier alpha value is -1.77. The van der Waals surface area contributed by atoms with Gasteiger partial charge in [0.1, 0.15) is 11.6 Å². The van der Waals surface area contributed by atoms with E-state index in [1.54, 1.807) is 24.3 Å². The highest BCUT2D eigenvalue weighted by Crippen LogP contribution is 2.33. The predicted molar refractivity (Wildman–Crippen MR) is 125 cm³/mol. The zero-order valence-corrected chi connectivity index (χ0v) is 20.9. The van der Waals surface area contributed by atoms with Gasteiger partial charge in [0.25, 0.3) is 5.91 Å². The molecule has 1 saturated heterocycles. The number of amides is 1. The summed E-state index contributed by atoms with van der Waals surface area (Å²) in [4.78, 5) is 29.0. The largest absolute Gasteiger partial charge is 0.482 e. The second-order valence-electron chi connectivity index (χ2n) is 7.91. The van der Waals surface area contributed by atoms with Gasteiger partial charge in [0.2, 0.25) is 0 Å². The van der Waals surface area contributed by atoms with Crippen molar-refractivity contribution in [3.8, 4) is 5.75 Å². The van der Waals surface area contributed by atoms with Crippen LogP contribution in [0.1, 0.15) is 36.7 Å². The first kappa shape index (κ1) is 23.9. The molecule has 0 aromatic heterocycles. The average molecular weight is 556 g/mol. The molecule has 2 aromatic rings. The average Bonchev–Trinajstić information content (AvgIpc) is 2.70. The van der Waals surface area contributed by atoms with Crippen LogP contribution in [-0.2, 0) is 11.3 Å². The van der Waals surface area contributed by atoms with Gasteiger partial charge in [-0.25, -0.2) is 4.39 Å². The maximum Gasteiger partial charge on any atom is 0.260 e. The van der Waals surface area contributed by atoms with Crippen LogP contribution >= 0.6 is 31.9 Å². The number of hydrogen-bond donors (Lipinski definition) is 0. The molecule has 0 bridgehead atoms. The lowest BCUT2D eigenvalue weighted by atomic mass is 10.1. The van der Waals surface area contributed by atoms with Gasteiger partial charge >= 0.3 is 0 Å². The maximum atomic E-state index is 13.2. The Bertz CT molecular complexity index is 968. The number of carbonyl (C=O) groups is 2. The third-order valence-corrected chi connectivity index (χ3v) is 6.51. The maximum absolute atomic E-state index is 13.2. The van der Waals surface area contributed by atoms with E-state index in [9.17, 15) is 14.0 Å². The van der Waals surface area contributed by atoms with Crippen LogP contribution < -0.4 is 4.74 Å². The Kier molecular flexibility index (Phi) is 7.88. The van der Waals surface area contributed by atoms with Gasteiger partial charge in [-0.05, 0) is 66.5 Å². The zero-order chi connectivity index (χ0) is 22.7. The summed E-state index contributed by atoms with van der Waals surface area (Å²) in [5.41, 5.74) is 1.46. The van der Waals surface area contributed by atoms with Crippen LogP contribution in [0.3, 0.4) is 0 Å². The fourth-order valence-electron chi connectivity index (χ4n) is 3.78. The molecule has 1 amide bonds. The highest BCUT2D eigenvalue weighted by molar-refractivity contribution is 9.11. The highest BCUT2D eigenvalue weighted by Gasteiger charge is 2.32. The van der Waals surface area contributed by atoms with Crippen molar-refractivity contribution < 1.29 is 18.7 Å². The normalized spacial score (nSPS) is 19.4. The summed E-state index contributed by atoms with van der Waals surface area (Å²) in [6.07, 6.45) is 0. The number of benzene rings is 2. The fraction of sp³-hybridized carbons (Fsp3) is 0.391. The molecule has 0 N–H and O–H groups in total.